The van der Waals surface area contributed by atoms with Crippen LogP contribution >= 0.6 is 0 Å². The zero-order valence-electron chi connectivity index (χ0n) is 8.66. The standard InChI is InChI=1S/C8H11N7O/c1-14-6(11-4-12-14)3-15-2-5(9)7(13-15)8(10)16/h2,4H,3,9H2,1H3,(H2,10,16). The summed E-state index contributed by atoms with van der Waals surface area (Å²) < 4.78 is 3.11. The Morgan fingerprint density at radius 3 is 2.81 bits per heavy atom. The first-order chi connectivity index (χ1) is 7.58. The molecule has 2 aromatic rings. The molecule has 2 heterocycles. The molecule has 2 aromatic heterocycles. The molecule has 0 atom stereocenters. The van der Waals surface area contributed by atoms with Crippen molar-refractivity contribution in [3.05, 3.63) is 24.0 Å². The molecule has 0 saturated carbocycles. The molecule has 0 aliphatic rings. The Hall–Kier alpha value is -2.38. The summed E-state index contributed by atoms with van der Waals surface area (Å²) >= 11 is 0. The number of nitrogen functional groups attached to an aromatic ring is 1. The van der Waals surface area contributed by atoms with Crippen molar-refractivity contribution >= 4 is 11.6 Å². The molecule has 0 aliphatic heterocycles. The lowest BCUT2D eigenvalue weighted by Gasteiger charge is -1.99. The van der Waals surface area contributed by atoms with Gasteiger partial charge in [0.05, 0.1) is 5.69 Å². The van der Waals surface area contributed by atoms with Crippen LogP contribution < -0.4 is 11.5 Å². The lowest BCUT2D eigenvalue weighted by molar-refractivity contribution is 0.0995. The van der Waals surface area contributed by atoms with E-state index in [1.807, 2.05) is 0 Å². The van der Waals surface area contributed by atoms with Gasteiger partial charge < -0.3 is 11.5 Å². The van der Waals surface area contributed by atoms with E-state index in [1.54, 1.807) is 11.7 Å². The highest BCUT2D eigenvalue weighted by Crippen LogP contribution is 2.08. The van der Waals surface area contributed by atoms with Crippen LogP contribution in [0.4, 0.5) is 5.69 Å². The van der Waals surface area contributed by atoms with Crippen LogP contribution in [0.15, 0.2) is 12.5 Å². The summed E-state index contributed by atoms with van der Waals surface area (Å²) in [4.78, 5) is 15.0. The Morgan fingerprint density at radius 2 is 2.31 bits per heavy atom. The molecule has 16 heavy (non-hydrogen) atoms. The number of hydrogen-bond donors (Lipinski definition) is 2. The quantitative estimate of drug-likeness (QED) is 0.670. The molecule has 0 aromatic carbocycles. The van der Waals surface area contributed by atoms with Crippen molar-refractivity contribution in [1.29, 1.82) is 0 Å². The van der Waals surface area contributed by atoms with E-state index in [9.17, 15) is 4.79 Å². The number of aromatic nitrogens is 5. The number of nitrogens with two attached hydrogens (primary N) is 2. The van der Waals surface area contributed by atoms with Gasteiger partial charge in [-0.15, -0.1) is 0 Å². The molecule has 0 spiro atoms. The summed E-state index contributed by atoms with van der Waals surface area (Å²) in [5.41, 5.74) is 11.0. The topological polar surface area (TPSA) is 118 Å². The van der Waals surface area contributed by atoms with Crippen LogP contribution in [0.25, 0.3) is 0 Å². The van der Waals surface area contributed by atoms with Crippen molar-refractivity contribution in [3.8, 4) is 0 Å². The number of amides is 1. The third kappa shape index (κ3) is 1.72. The lowest BCUT2D eigenvalue weighted by Crippen LogP contribution is -2.14. The van der Waals surface area contributed by atoms with E-state index in [1.165, 1.54) is 17.2 Å². The van der Waals surface area contributed by atoms with Gasteiger partial charge in [0.15, 0.2) is 5.69 Å². The van der Waals surface area contributed by atoms with Gasteiger partial charge in [0.25, 0.3) is 5.91 Å². The van der Waals surface area contributed by atoms with Crippen LogP contribution in [0.2, 0.25) is 0 Å². The van der Waals surface area contributed by atoms with E-state index < -0.39 is 5.91 Å². The van der Waals surface area contributed by atoms with Gasteiger partial charge in [0, 0.05) is 13.2 Å². The molecule has 4 N–H and O–H groups in total. The van der Waals surface area contributed by atoms with E-state index in [2.05, 4.69) is 15.2 Å². The van der Waals surface area contributed by atoms with E-state index in [-0.39, 0.29) is 11.4 Å². The first-order valence-electron chi connectivity index (χ1n) is 4.53. The Bertz CT molecular complexity index is 526. The summed E-state index contributed by atoms with van der Waals surface area (Å²) in [5, 5.41) is 7.88. The number of nitrogens with zero attached hydrogens (tertiary/aromatic N) is 5. The van der Waals surface area contributed by atoms with E-state index in [4.69, 9.17) is 11.5 Å². The average molecular weight is 221 g/mol. The van der Waals surface area contributed by atoms with Crippen LogP contribution in [0, 0.1) is 0 Å². The second-order valence-corrected chi connectivity index (χ2v) is 3.29. The molecule has 84 valence electrons. The number of rotatable bonds is 3. The minimum absolute atomic E-state index is 0.0715. The molecular formula is C8H11N7O. The fourth-order valence-corrected chi connectivity index (χ4v) is 1.32. The number of hydrogen-bond acceptors (Lipinski definition) is 5. The van der Waals surface area contributed by atoms with Crippen molar-refractivity contribution in [1.82, 2.24) is 24.5 Å². The van der Waals surface area contributed by atoms with E-state index >= 15 is 0 Å². The Morgan fingerprint density at radius 1 is 1.56 bits per heavy atom. The predicted octanol–water partition coefficient (Wildman–Crippen LogP) is -1.26. The highest BCUT2D eigenvalue weighted by Gasteiger charge is 2.12. The van der Waals surface area contributed by atoms with Crippen molar-refractivity contribution in [2.75, 3.05) is 5.73 Å². The molecule has 0 radical (unpaired) electrons. The molecule has 2 rings (SSSR count). The second kappa shape index (κ2) is 3.65. The van der Waals surface area contributed by atoms with E-state index in [0.29, 0.717) is 12.4 Å². The highest BCUT2D eigenvalue weighted by molar-refractivity contribution is 5.95. The minimum Gasteiger partial charge on any atom is -0.396 e. The third-order valence-electron chi connectivity index (χ3n) is 2.13. The monoisotopic (exact) mass is 221 g/mol. The van der Waals surface area contributed by atoms with Crippen LogP contribution in [-0.2, 0) is 13.6 Å². The molecule has 8 nitrogen and oxygen atoms in total. The van der Waals surface area contributed by atoms with Gasteiger partial charge in [-0.3, -0.25) is 14.2 Å². The van der Waals surface area contributed by atoms with Gasteiger partial charge in [-0.2, -0.15) is 10.2 Å². The van der Waals surface area contributed by atoms with E-state index in [0.717, 1.165) is 0 Å². The van der Waals surface area contributed by atoms with Crippen LogP contribution in [0.3, 0.4) is 0 Å². The molecule has 0 aliphatic carbocycles. The van der Waals surface area contributed by atoms with Gasteiger partial charge in [0.2, 0.25) is 0 Å². The molecule has 0 saturated heterocycles. The fraction of sp³-hybridized carbons (Fsp3) is 0.250. The third-order valence-corrected chi connectivity index (χ3v) is 2.13. The Balaban J connectivity index is 2.26. The molecule has 0 fully saturated rings. The van der Waals surface area contributed by atoms with Gasteiger partial charge in [-0.05, 0) is 0 Å². The highest BCUT2D eigenvalue weighted by atomic mass is 16.1. The summed E-state index contributed by atoms with van der Waals surface area (Å²) in [5.74, 6) is 0.0627. The molecule has 0 unspecified atom stereocenters. The summed E-state index contributed by atoms with van der Waals surface area (Å²) in [7, 11) is 1.77. The predicted molar refractivity (Wildman–Crippen MR) is 55.3 cm³/mol. The number of carbonyl (C=O) groups is 1. The summed E-state index contributed by atoms with van der Waals surface area (Å²) in [6, 6.07) is 0. The van der Waals surface area contributed by atoms with Gasteiger partial charge in [-0.25, -0.2) is 4.98 Å². The average Bonchev–Trinajstić information content (AvgIpc) is 2.75. The maximum Gasteiger partial charge on any atom is 0.271 e. The summed E-state index contributed by atoms with van der Waals surface area (Å²) in [6.45, 7) is 0.383. The van der Waals surface area contributed by atoms with Crippen molar-refractivity contribution < 1.29 is 4.79 Å². The number of aryl methyl sites for hydroxylation is 1. The van der Waals surface area contributed by atoms with Crippen LogP contribution in [0.5, 0.6) is 0 Å². The van der Waals surface area contributed by atoms with Crippen LogP contribution in [0.1, 0.15) is 16.3 Å². The first kappa shape index (κ1) is 10.1. The Labute approximate surface area is 90.9 Å². The minimum atomic E-state index is -0.644. The van der Waals surface area contributed by atoms with Crippen LogP contribution in [-0.4, -0.2) is 30.5 Å². The maximum absolute atomic E-state index is 10.9. The maximum atomic E-state index is 10.9. The van der Waals surface area contributed by atoms with Crippen molar-refractivity contribution in [2.24, 2.45) is 12.8 Å². The van der Waals surface area contributed by atoms with Gasteiger partial charge in [0.1, 0.15) is 18.7 Å². The SMILES string of the molecule is Cn1ncnc1Cn1cc(N)c(C(N)=O)n1. The molecular weight excluding hydrogens is 210 g/mol. The van der Waals surface area contributed by atoms with Crippen molar-refractivity contribution in [3.63, 3.8) is 0 Å². The fourth-order valence-electron chi connectivity index (χ4n) is 1.32. The molecule has 0 bridgehead atoms. The second-order valence-electron chi connectivity index (χ2n) is 3.29. The first-order valence-corrected chi connectivity index (χ1v) is 4.53. The normalized spacial score (nSPS) is 10.6. The zero-order chi connectivity index (χ0) is 11.7. The summed E-state index contributed by atoms with van der Waals surface area (Å²) in [6.07, 6.45) is 2.98. The molecule has 8 heteroatoms. The van der Waals surface area contributed by atoms with Crippen molar-refractivity contribution in [2.45, 2.75) is 6.54 Å². The largest absolute Gasteiger partial charge is 0.396 e. The molecule has 1 amide bonds. The van der Waals surface area contributed by atoms with Gasteiger partial charge in [-0.1, -0.05) is 0 Å². The number of anilines is 1. The lowest BCUT2D eigenvalue weighted by atomic mass is 10.4. The zero-order valence-corrected chi connectivity index (χ0v) is 8.66. The van der Waals surface area contributed by atoms with Gasteiger partial charge >= 0.3 is 0 Å². The number of primary amides is 1. The number of carbonyl (C=O) groups excluding carboxylic acids is 1. The Kier molecular flexibility index (Phi) is 2.31. The smallest absolute Gasteiger partial charge is 0.271 e.